The van der Waals surface area contributed by atoms with Crippen LogP contribution in [0.3, 0.4) is 0 Å². The van der Waals surface area contributed by atoms with E-state index in [1.807, 2.05) is 66.5 Å². The first-order chi connectivity index (χ1) is 14.1. The fraction of sp³-hybridized carbons (Fsp3) is 0.208. The van der Waals surface area contributed by atoms with Crippen LogP contribution in [0.2, 0.25) is 0 Å². The van der Waals surface area contributed by atoms with Gasteiger partial charge in [-0.3, -0.25) is 0 Å². The van der Waals surface area contributed by atoms with Crippen LogP contribution in [0.4, 0.5) is 0 Å². The number of aryl methyl sites for hydroxylation is 1. The van der Waals surface area contributed by atoms with E-state index < -0.39 is 0 Å². The highest BCUT2D eigenvalue weighted by Crippen LogP contribution is 2.48. The molecule has 0 aromatic heterocycles. The third-order valence-corrected chi connectivity index (χ3v) is 5.54. The Morgan fingerprint density at radius 1 is 1.07 bits per heavy atom. The first-order valence-corrected chi connectivity index (χ1v) is 9.69. The quantitative estimate of drug-likeness (QED) is 0.692. The van der Waals surface area contributed by atoms with Gasteiger partial charge in [0, 0.05) is 23.1 Å². The average Bonchev–Trinajstić information content (AvgIpc) is 3.20. The number of hydrazone groups is 1. The van der Waals surface area contributed by atoms with Crippen molar-refractivity contribution in [3.05, 3.63) is 89.0 Å². The van der Waals surface area contributed by atoms with Gasteiger partial charge in [0.1, 0.15) is 17.2 Å². The lowest BCUT2D eigenvalue weighted by Gasteiger charge is -2.38. The number of hydrogen-bond donors (Lipinski definition) is 1. The molecular formula is C24H22N2O3. The standard InChI is InChI=1S/C24H22N2O3/c1-15-10-11-22(27)19(12-15)20-14-21-18-8-3-4-9-23(18)29-24(26(21)25-20)16-6-5-7-17(13-16)28-2/h3-13,21,24,27H,14H2,1-2H3. The van der Waals surface area contributed by atoms with Crippen LogP contribution in [-0.4, -0.2) is 22.9 Å². The minimum atomic E-state index is -0.366. The molecule has 5 rings (SSSR count). The number of nitrogens with zero attached hydrogens (tertiary/aromatic N) is 2. The molecule has 1 N–H and O–H groups in total. The highest BCUT2D eigenvalue weighted by molar-refractivity contribution is 6.04. The average molecular weight is 386 g/mol. The highest BCUT2D eigenvalue weighted by Gasteiger charge is 2.41. The zero-order valence-corrected chi connectivity index (χ0v) is 16.4. The maximum absolute atomic E-state index is 10.4. The Kier molecular flexibility index (Phi) is 4.16. The van der Waals surface area contributed by atoms with E-state index in [4.69, 9.17) is 14.6 Å². The molecule has 146 valence electrons. The lowest BCUT2D eigenvalue weighted by atomic mass is 9.95. The van der Waals surface area contributed by atoms with Crippen molar-refractivity contribution < 1.29 is 14.6 Å². The SMILES string of the molecule is COc1cccc(C2Oc3ccccc3C3CC(c4cc(C)ccc4O)=NN32)c1. The Hall–Kier alpha value is -3.47. The van der Waals surface area contributed by atoms with Crippen molar-refractivity contribution in [3.8, 4) is 17.2 Å². The molecule has 3 aromatic carbocycles. The van der Waals surface area contributed by atoms with Gasteiger partial charge in [-0.25, -0.2) is 5.01 Å². The number of methoxy groups -OCH3 is 1. The Morgan fingerprint density at radius 3 is 2.79 bits per heavy atom. The minimum absolute atomic E-state index is 0.0473. The summed E-state index contributed by atoms with van der Waals surface area (Å²) in [6.07, 6.45) is 0.340. The van der Waals surface area contributed by atoms with E-state index in [-0.39, 0.29) is 18.0 Å². The Morgan fingerprint density at radius 2 is 1.93 bits per heavy atom. The number of benzene rings is 3. The summed E-state index contributed by atoms with van der Waals surface area (Å²) < 4.78 is 11.8. The Balaban J connectivity index is 1.61. The molecular weight excluding hydrogens is 364 g/mol. The first-order valence-electron chi connectivity index (χ1n) is 9.69. The van der Waals surface area contributed by atoms with Crippen molar-refractivity contribution in [2.75, 3.05) is 7.11 Å². The van der Waals surface area contributed by atoms with Crippen LogP contribution >= 0.6 is 0 Å². The van der Waals surface area contributed by atoms with Gasteiger partial charge in [0.05, 0.1) is 18.9 Å². The summed E-state index contributed by atoms with van der Waals surface area (Å²) in [5.41, 5.74) is 4.82. The summed E-state index contributed by atoms with van der Waals surface area (Å²) in [5, 5.41) is 17.4. The predicted octanol–water partition coefficient (Wildman–Crippen LogP) is 4.95. The fourth-order valence-corrected chi connectivity index (χ4v) is 4.09. The number of hydrogen-bond acceptors (Lipinski definition) is 5. The summed E-state index contributed by atoms with van der Waals surface area (Å²) in [6.45, 7) is 2.02. The summed E-state index contributed by atoms with van der Waals surface area (Å²) in [5.74, 6) is 1.90. The third-order valence-electron chi connectivity index (χ3n) is 5.54. The van der Waals surface area contributed by atoms with Gasteiger partial charge in [-0.1, -0.05) is 42.0 Å². The molecule has 0 saturated heterocycles. The molecule has 0 amide bonds. The number of ether oxygens (including phenoxy) is 2. The molecule has 29 heavy (non-hydrogen) atoms. The number of phenolic OH excluding ortho intramolecular Hbond substituents is 1. The normalized spacial score (nSPS) is 19.8. The van der Waals surface area contributed by atoms with Crippen molar-refractivity contribution in [1.29, 1.82) is 0 Å². The zero-order valence-electron chi connectivity index (χ0n) is 16.4. The van der Waals surface area contributed by atoms with Gasteiger partial charge < -0.3 is 14.6 Å². The molecule has 0 spiro atoms. The van der Waals surface area contributed by atoms with Crippen molar-refractivity contribution in [3.63, 3.8) is 0 Å². The van der Waals surface area contributed by atoms with E-state index in [9.17, 15) is 5.11 Å². The lowest BCUT2D eigenvalue weighted by Crippen LogP contribution is -2.33. The minimum Gasteiger partial charge on any atom is -0.507 e. The number of phenols is 1. The Bertz CT molecular complexity index is 1110. The van der Waals surface area contributed by atoms with Crippen molar-refractivity contribution in [2.45, 2.75) is 25.6 Å². The maximum Gasteiger partial charge on any atom is 0.214 e. The first kappa shape index (κ1) is 17.6. The van der Waals surface area contributed by atoms with Gasteiger partial charge >= 0.3 is 0 Å². The third kappa shape index (κ3) is 2.99. The second kappa shape index (κ2) is 6.85. The van der Waals surface area contributed by atoms with Crippen molar-refractivity contribution in [2.24, 2.45) is 5.10 Å². The van der Waals surface area contributed by atoms with E-state index in [0.717, 1.165) is 39.5 Å². The molecule has 2 atom stereocenters. The molecule has 0 radical (unpaired) electrons. The van der Waals surface area contributed by atoms with Gasteiger partial charge in [-0.2, -0.15) is 5.10 Å². The van der Waals surface area contributed by atoms with Crippen LogP contribution in [0.5, 0.6) is 17.2 Å². The second-order valence-electron chi connectivity index (χ2n) is 7.45. The lowest BCUT2D eigenvalue weighted by molar-refractivity contribution is -0.0191. The summed E-state index contributed by atoms with van der Waals surface area (Å²) >= 11 is 0. The molecule has 3 aromatic rings. The molecule has 0 saturated carbocycles. The van der Waals surface area contributed by atoms with Gasteiger partial charge in [-0.15, -0.1) is 0 Å². The smallest absolute Gasteiger partial charge is 0.214 e. The van der Waals surface area contributed by atoms with Gasteiger partial charge in [-0.05, 0) is 37.3 Å². The number of fused-ring (bicyclic) bond motifs is 3. The van der Waals surface area contributed by atoms with Crippen LogP contribution in [0.15, 0.2) is 71.8 Å². The molecule has 5 heteroatoms. The summed E-state index contributed by atoms with van der Waals surface area (Å²) in [4.78, 5) is 0. The molecule has 2 heterocycles. The second-order valence-corrected chi connectivity index (χ2v) is 7.45. The summed E-state index contributed by atoms with van der Waals surface area (Å²) in [7, 11) is 1.66. The fourth-order valence-electron chi connectivity index (χ4n) is 4.09. The van der Waals surface area contributed by atoms with E-state index >= 15 is 0 Å². The number of rotatable bonds is 3. The molecule has 2 aliphatic rings. The number of aromatic hydroxyl groups is 1. The number of para-hydroxylation sites is 1. The molecule has 0 fully saturated rings. The highest BCUT2D eigenvalue weighted by atomic mass is 16.5. The van der Waals surface area contributed by atoms with Crippen LogP contribution in [0.1, 0.15) is 40.9 Å². The molecule has 0 bridgehead atoms. The van der Waals surface area contributed by atoms with E-state index in [2.05, 4.69) is 6.07 Å². The maximum atomic E-state index is 10.4. The van der Waals surface area contributed by atoms with Crippen LogP contribution < -0.4 is 9.47 Å². The van der Waals surface area contributed by atoms with E-state index in [1.54, 1.807) is 13.2 Å². The Labute approximate surface area is 169 Å². The molecule has 2 aliphatic heterocycles. The predicted molar refractivity (Wildman–Crippen MR) is 111 cm³/mol. The van der Waals surface area contributed by atoms with Crippen LogP contribution in [0.25, 0.3) is 0 Å². The van der Waals surface area contributed by atoms with Gasteiger partial charge in [0.15, 0.2) is 0 Å². The van der Waals surface area contributed by atoms with Gasteiger partial charge in [0.25, 0.3) is 0 Å². The molecule has 0 aliphatic carbocycles. The van der Waals surface area contributed by atoms with Crippen molar-refractivity contribution >= 4 is 5.71 Å². The van der Waals surface area contributed by atoms with Crippen LogP contribution in [0, 0.1) is 6.92 Å². The molecule has 2 unspecified atom stereocenters. The summed E-state index contributed by atoms with van der Waals surface area (Å²) in [6, 6.07) is 21.6. The van der Waals surface area contributed by atoms with E-state index in [0.29, 0.717) is 6.42 Å². The van der Waals surface area contributed by atoms with Crippen molar-refractivity contribution in [1.82, 2.24) is 5.01 Å². The van der Waals surface area contributed by atoms with E-state index in [1.165, 1.54) is 0 Å². The molecule has 5 nitrogen and oxygen atoms in total. The zero-order chi connectivity index (χ0) is 20.0. The topological polar surface area (TPSA) is 54.3 Å². The van der Waals surface area contributed by atoms with Gasteiger partial charge in [0.2, 0.25) is 6.23 Å². The largest absolute Gasteiger partial charge is 0.507 e. The monoisotopic (exact) mass is 386 g/mol. The van der Waals surface area contributed by atoms with Crippen LogP contribution in [-0.2, 0) is 0 Å².